The molecule has 2 aromatic rings. The van der Waals surface area contributed by atoms with Crippen LogP contribution in [-0.2, 0) is 16.0 Å². The third-order valence-corrected chi connectivity index (χ3v) is 6.61. The molecule has 32 heavy (non-hydrogen) atoms. The second-order valence-corrected chi connectivity index (χ2v) is 9.20. The Morgan fingerprint density at radius 2 is 1.69 bits per heavy atom. The molecule has 170 valence electrons. The summed E-state index contributed by atoms with van der Waals surface area (Å²) < 4.78 is 0. The van der Waals surface area contributed by atoms with E-state index < -0.39 is 5.25 Å². The van der Waals surface area contributed by atoms with E-state index in [4.69, 9.17) is 4.99 Å². The molecule has 2 amide bonds. The van der Waals surface area contributed by atoms with Crippen molar-refractivity contribution in [2.75, 3.05) is 13.1 Å². The lowest BCUT2D eigenvalue weighted by molar-refractivity contribution is -0.129. The Labute approximate surface area is 195 Å². The first-order valence-corrected chi connectivity index (χ1v) is 12.5. The number of nitrogens with one attached hydrogen (secondary N) is 1. The van der Waals surface area contributed by atoms with Crippen LogP contribution < -0.4 is 5.32 Å². The topological polar surface area (TPSA) is 61.8 Å². The monoisotopic (exact) mass is 451 g/mol. The van der Waals surface area contributed by atoms with Crippen LogP contribution in [0.1, 0.15) is 51.0 Å². The zero-order valence-corrected chi connectivity index (χ0v) is 19.7. The predicted molar refractivity (Wildman–Crippen MR) is 133 cm³/mol. The number of benzene rings is 2. The molecule has 0 aliphatic carbocycles. The van der Waals surface area contributed by atoms with Crippen molar-refractivity contribution in [3.63, 3.8) is 0 Å². The first-order chi connectivity index (χ1) is 15.7. The molecule has 2 aromatic carbocycles. The van der Waals surface area contributed by atoms with Crippen molar-refractivity contribution in [2.24, 2.45) is 4.99 Å². The fraction of sp³-hybridized carbons (Fsp3) is 0.423. The molecule has 1 aliphatic heterocycles. The molecule has 1 N–H and O–H groups in total. The molecule has 1 aliphatic rings. The summed E-state index contributed by atoms with van der Waals surface area (Å²) in [6, 6.07) is 19.8. The molecule has 5 nitrogen and oxygen atoms in total. The Balaban J connectivity index is 1.57. The quantitative estimate of drug-likeness (QED) is 0.443. The van der Waals surface area contributed by atoms with E-state index in [9.17, 15) is 9.59 Å². The van der Waals surface area contributed by atoms with Crippen LogP contribution in [0, 0.1) is 0 Å². The largest absolute Gasteiger partial charge is 0.356 e. The Kier molecular flexibility index (Phi) is 9.82. The molecule has 3 rings (SSSR count). The lowest BCUT2D eigenvalue weighted by Crippen LogP contribution is -2.35. The second kappa shape index (κ2) is 13.1. The average molecular weight is 452 g/mol. The number of hydrogen-bond acceptors (Lipinski definition) is 4. The highest BCUT2D eigenvalue weighted by Gasteiger charge is 2.38. The zero-order chi connectivity index (χ0) is 22.6. The van der Waals surface area contributed by atoms with Gasteiger partial charge >= 0.3 is 0 Å². The van der Waals surface area contributed by atoms with Gasteiger partial charge in [0, 0.05) is 19.5 Å². The second-order valence-electron chi connectivity index (χ2n) is 8.03. The van der Waals surface area contributed by atoms with Crippen molar-refractivity contribution < 1.29 is 9.59 Å². The van der Waals surface area contributed by atoms with Gasteiger partial charge in [0.2, 0.25) is 11.8 Å². The summed E-state index contributed by atoms with van der Waals surface area (Å²) in [5.74, 6) is -0.0889. The Morgan fingerprint density at radius 1 is 1.00 bits per heavy atom. The van der Waals surface area contributed by atoms with Crippen LogP contribution >= 0.6 is 11.8 Å². The highest BCUT2D eigenvalue weighted by Crippen LogP contribution is 2.32. The summed E-state index contributed by atoms with van der Waals surface area (Å²) in [6.45, 7) is 3.43. The number of nitrogens with zero attached hydrogens (tertiary/aromatic N) is 2. The molecule has 1 atom stereocenters. The van der Waals surface area contributed by atoms with Crippen molar-refractivity contribution >= 4 is 34.4 Å². The maximum absolute atomic E-state index is 13.1. The van der Waals surface area contributed by atoms with E-state index in [1.165, 1.54) is 36.6 Å². The smallest absolute Gasteiger partial charge is 0.242 e. The number of rotatable bonds is 12. The van der Waals surface area contributed by atoms with E-state index in [1.807, 2.05) is 60.7 Å². The number of hydrogen-bond donors (Lipinski definition) is 1. The van der Waals surface area contributed by atoms with Crippen molar-refractivity contribution in [1.29, 1.82) is 0 Å². The molecule has 0 aromatic heterocycles. The minimum absolute atomic E-state index is 0.00150. The van der Waals surface area contributed by atoms with E-state index in [0.29, 0.717) is 18.3 Å². The Bertz CT molecular complexity index is 886. The van der Waals surface area contributed by atoms with Crippen molar-refractivity contribution in [3.8, 4) is 0 Å². The van der Waals surface area contributed by atoms with Gasteiger partial charge in [-0.1, -0.05) is 92.9 Å². The SMILES string of the molecule is CCCCCCCN1C(=O)C(CC(=O)NCCc2ccccc2)SC1=Nc1ccccc1. The van der Waals surface area contributed by atoms with E-state index in [1.54, 1.807) is 4.90 Å². The summed E-state index contributed by atoms with van der Waals surface area (Å²) in [6.07, 6.45) is 6.62. The van der Waals surface area contributed by atoms with Crippen LogP contribution in [0.4, 0.5) is 5.69 Å². The van der Waals surface area contributed by atoms with Crippen molar-refractivity contribution in [1.82, 2.24) is 10.2 Å². The van der Waals surface area contributed by atoms with E-state index in [-0.39, 0.29) is 18.2 Å². The van der Waals surface area contributed by atoms with Gasteiger partial charge in [-0.2, -0.15) is 0 Å². The van der Waals surface area contributed by atoms with Gasteiger partial charge in [0.1, 0.15) is 5.25 Å². The fourth-order valence-electron chi connectivity index (χ4n) is 3.65. The molecule has 0 spiro atoms. The summed E-state index contributed by atoms with van der Waals surface area (Å²) >= 11 is 1.41. The predicted octanol–water partition coefficient (Wildman–Crippen LogP) is 5.34. The fourth-order valence-corrected chi connectivity index (χ4v) is 4.83. The normalized spacial score (nSPS) is 17.2. The number of unbranched alkanes of at least 4 members (excludes halogenated alkanes) is 4. The van der Waals surface area contributed by atoms with Gasteiger partial charge in [0.05, 0.1) is 5.69 Å². The molecule has 1 heterocycles. The standard InChI is InChI=1S/C26H33N3O2S/c1-2-3-4-5-12-19-29-25(31)23(32-26(29)28-22-15-10-7-11-16-22)20-24(30)27-18-17-21-13-8-6-9-14-21/h6-11,13-16,23H,2-5,12,17-20H2,1H3,(H,27,30). The average Bonchev–Trinajstić information content (AvgIpc) is 3.09. The summed E-state index contributed by atoms with van der Waals surface area (Å²) in [4.78, 5) is 32.1. The molecule has 1 saturated heterocycles. The molecular weight excluding hydrogens is 418 g/mol. The van der Waals surface area contributed by atoms with Crippen LogP contribution in [0.2, 0.25) is 0 Å². The minimum atomic E-state index is -0.412. The number of thioether (sulfide) groups is 1. The molecular formula is C26H33N3O2S. The van der Waals surface area contributed by atoms with Gasteiger partial charge < -0.3 is 5.32 Å². The Morgan fingerprint density at radius 3 is 2.41 bits per heavy atom. The molecule has 6 heteroatoms. The van der Waals surface area contributed by atoms with E-state index in [2.05, 4.69) is 12.2 Å². The third-order valence-electron chi connectivity index (χ3n) is 5.44. The van der Waals surface area contributed by atoms with Gasteiger partial charge in [0.15, 0.2) is 5.17 Å². The third kappa shape index (κ3) is 7.52. The van der Waals surface area contributed by atoms with Gasteiger partial charge in [-0.15, -0.1) is 0 Å². The van der Waals surface area contributed by atoms with E-state index in [0.717, 1.165) is 24.9 Å². The van der Waals surface area contributed by atoms with Gasteiger partial charge in [0.25, 0.3) is 0 Å². The maximum Gasteiger partial charge on any atom is 0.242 e. The molecule has 1 unspecified atom stereocenters. The number of aliphatic imine (C=N–C) groups is 1. The number of carbonyl (C=O) groups excluding carboxylic acids is 2. The van der Waals surface area contributed by atoms with Crippen molar-refractivity contribution in [2.45, 2.75) is 57.1 Å². The number of carbonyl (C=O) groups is 2. The first kappa shape index (κ1) is 24.1. The highest BCUT2D eigenvalue weighted by atomic mass is 32.2. The Hall–Kier alpha value is -2.60. The van der Waals surface area contributed by atoms with E-state index >= 15 is 0 Å². The van der Waals surface area contributed by atoms with Gasteiger partial charge in [-0.05, 0) is 30.5 Å². The lowest BCUT2D eigenvalue weighted by atomic mass is 10.1. The van der Waals surface area contributed by atoms with Crippen LogP contribution in [0.25, 0.3) is 0 Å². The lowest BCUT2D eigenvalue weighted by Gasteiger charge is -2.16. The van der Waals surface area contributed by atoms with Gasteiger partial charge in [-0.25, -0.2) is 4.99 Å². The molecule has 0 radical (unpaired) electrons. The van der Waals surface area contributed by atoms with Crippen LogP contribution in [-0.4, -0.2) is 40.2 Å². The summed E-state index contributed by atoms with van der Waals surface area (Å²) in [5.41, 5.74) is 2.01. The van der Waals surface area contributed by atoms with Gasteiger partial charge in [-0.3, -0.25) is 14.5 Å². The van der Waals surface area contributed by atoms with Crippen LogP contribution in [0.3, 0.4) is 0 Å². The molecule has 1 fully saturated rings. The summed E-state index contributed by atoms with van der Waals surface area (Å²) in [5, 5.41) is 3.26. The minimum Gasteiger partial charge on any atom is -0.356 e. The van der Waals surface area contributed by atoms with Crippen LogP contribution in [0.15, 0.2) is 65.7 Å². The molecule has 0 bridgehead atoms. The summed E-state index contributed by atoms with van der Waals surface area (Å²) in [7, 11) is 0. The molecule has 0 saturated carbocycles. The number of amides is 2. The highest BCUT2D eigenvalue weighted by molar-refractivity contribution is 8.15. The van der Waals surface area contributed by atoms with Crippen molar-refractivity contribution in [3.05, 3.63) is 66.2 Å². The van der Waals surface area contributed by atoms with Crippen LogP contribution in [0.5, 0.6) is 0 Å². The first-order valence-electron chi connectivity index (χ1n) is 11.6. The maximum atomic E-state index is 13.1. The zero-order valence-electron chi connectivity index (χ0n) is 18.8. The number of amidine groups is 1. The number of para-hydroxylation sites is 1.